The summed E-state index contributed by atoms with van der Waals surface area (Å²) in [5.41, 5.74) is 0.620. The van der Waals surface area contributed by atoms with Crippen LogP contribution in [0.5, 0.6) is 0 Å². The van der Waals surface area contributed by atoms with Gasteiger partial charge in [-0.05, 0) is 49.2 Å². The van der Waals surface area contributed by atoms with Gasteiger partial charge < -0.3 is 4.42 Å². The SMILES string of the molecule is O=C(C[C@@H](c1ccco1)[C@@H]1CCCCC1=O)c1ccc(Cl)cc1. The average molecular weight is 331 g/mol. The largest absolute Gasteiger partial charge is 0.469 e. The van der Waals surface area contributed by atoms with Crippen molar-refractivity contribution in [2.45, 2.75) is 38.0 Å². The van der Waals surface area contributed by atoms with E-state index in [2.05, 4.69) is 0 Å². The van der Waals surface area contributed by atoms with Gasteiger partial charge in [-0.15, -0.1) is 0 Å². The number of hydrogen-bond donors (Lipinski definition) is 0. The second kappa shape index (κ2) is 7.14. The van der Waals surface area contributed by atoms with Crippen LogP contribution in [0.3, 0.4) is 0 Å². The van der Waals surface area contributed by atoms with Gasteiger partial charge in [0.25, 0.3) is 0 Å². The molecule has 2 aromatic rings. The van der Waals surface area contributed by atoms with E-state index in [1.807, 2.05) is 12.1 Å². The van der Waals surface area contributed by atoms with Crippen LogP contribution >= 0.6 is 11.6 Å². The zero-order valence-corrected chi connectivity index (χ0v) is 13.6. The van der Waals surface area contributed by atoms with E-state index < -0.39 is 0 Å². The summed E-state index contributed by atoms with van der Waals surface area (Å²) in [7, 11) is 0. The van der Waals surface area contributed by atoms with Gasteiger partial charge in [0, 0.05) is 35.3 Å². The maximum absolute atomic E-state index is 12.6. The van der Waals surface area contributed by atoms with Crippen molar-refractivity contribution >= 4 is 23.2 Å². The predicted molar refractivity (Wildman–Crippen MR) is 88.8 cm³/mol. The van der Waals surface area contributed by atoms with Gasteiger partial charge in [0.1, 0.15) is 11.5 Å². The number of carbonyl (C=O) groups is 2. The maximum Gasteiger partial charge on any atom is 0.163 e. The highest BCUT2D eigenvalue weighted by atomic mass is 35.5. The topological polar surface area (TPSA) is 47.3 Å². The summed E-state index contributed by atoms with van der Waals surface area (Å²) >= 11 is 5.87. The molecule has 1 aliphatic carbocycles. The van der Waals surface area contributed by atoms with Crippen LogP contribution in [-0.2, 0) is 4.79 Å². The number of benzene rings is 1. The summed E-state index contributed by atoms with van der Waals surface area (Å²) in [5.74, 6) is 0.697. The number of rotatable bonds is 5. The number of Topliss-reactive ketones (excluding diaryl/α,β-unsaturated/α-hetero) is 2. The van der Waals surface area contributed by atoms with Crippen molar-refractivity contribution in [1.29, 1.82) is 0 Å². The molecule has 1 aliphatic rings. The Morgan fingerprint density at radius 1 is 1.22 bits per heavy atom. The van der Waals surface area contributed by atoms with Crippen LogP contribution in [0.1, 0.15) is 54.1 Å². The Morgan fingerprint density at radius 3 is 2.65 bits per heavy atom. The smallest absolute Gasteiger partial charge is 0.163 e. The highest BCUT2D eigenvalue weighted by molar-refractivity contribution is 6.30. The standard InChI is InChI=1S/C19H19ClO3/c20-14-9-7-13(8-10-14)18(22)12-16(19-6-3-11-23-19)15-4-1-2-5-17(15)21/h3,6-11,15-16H,1-2,4-5,12H2/t15-,16+/m0/s1. The molecule has 2 atom stereocenters. The van der Waals surface area contributed by atoms with Gasteiger partial charge >= 0.3 is 0 Å². The second-order valence-corrected chi connectivity index (χ2v) is 6.51. The van der Waals surface area contributed by atoms with Gasteiger partial charge in [0.15, 0.2) is 5.78 Å². The predicted octanol–water partition coefficient (Wildman–Crippen LogP) is 5.05. The molecule has 4 heteroatoms. The molecule has 1 saturated carbocycles. The highest BCUT2D eigenvalue weighted by Crippen LogP contribution is 2.37. The summed E-state index contributed by atoms with van der Waals surface area (Å²) in [6.45, 7) is 0. The number of hydrogen-bond acceptors (Lipinski definition) is 3. The maximum atomic E-state index is 12.6. The Hall–Kier alpha value is -1.87. The lowest BCUT2D eigenvalue weighted by atomic mass is 9.75. The van der Waals surface area contributed by atoms with Gasteiger partial charge in [-0.3, -0.25) is 9.59 Å². The van der Waals surface area contributed by atoms with Crippen LogP contribution in [0.25, 0.3) is 0 Å². The Balaban J connectivity index is 1.82. The molecule has 0 aliphatic heterocycles. The molecule has 1 aromatic heterocycles. The molecule has 0 saturated heterocycles. The van der Waals surface area contributed by atoms with E-state index in [0.29, 0.717) is 17.0 Å². The lowest BCUT2D eigenvalue weighted by Gasteiger charge is -2.27. The molecule has 1 heterocycles. The molecule has 1 aromatic carbocycles. The lowest BCUT2D eigenvalue weighted by Crippen LogP contribution is -2.27. The van der Waals surface area contributed by atoms with Crippen LogP contribution in [0.2, 0.25) is 5.02 Å². The molecule has 0 unspecified atom stereocenters. The fourth-order valence-electron chi connectivity index (χ4n) is 3.33. The quantitative estimate of drug-likeness (QED) is 0.721. The van der Waals surface area contributed by atoms with Crippen molar-refractivity contribution in [2.24, 2.45) is 5.92 Å². The van der Waals surface area contributed by atoms with Gasteiger partial charge in [0.05, 0.1) is 6.26 Å². The minimum Gasteiger partial charge on any atom is -0.469 e. The summed E-state index contributed by atoms with van der Waals surface area (Å²) in [5, 5.41) is 0.603. The van der Waals surface area contributed by atoms with E-state index in [1.165, 1.54) is 0 Å². The molecule has 0 bridgehead atoms. The van der Waals surface area contributed by atoms with Crippen molar-refractivity contribution in [3.63, 3.8) is 0 Å². The second-order valence-electron chi connectivity index (χ2n) is 6.07. The normalized spacial score (nSPS) is 19.5. The molecule has 3 nitrogen and oxygen atoms in total. The van der Waals surface area contributed by atoms with Gasteiger partial charge in [-0.2, -0.15) is 0 Å². The van der Waals surface area contributed by atoms with E-state index in [0.717, 1.165) is 25.0 Å². The first kappa shape index (κ1) is 16.0. The third kappa shape index (κ3) is 3.73. The fraction of sp³-hybridized carbons (Fsp3) is 0.368. The summed E-state index contributed by atoms with van der Waals surface area (Å²) in [6.07, 6.45) is 5.30. The molecule has 120 valence electrons. The Kier molecular flexibility index (Phi) is 4.97. The Morgan fingerprint density at radius 2 is 2.00 bits per heavy atom. The molecule has 3 rings (SSSR count). The summed E-state index contributed by atoms with van der Waals surface area (Å²) < 4.78 is 5.53. The van der Waals surface area contributed by atoms with Crippen LogP contribution < -0.4 is 0 Å². The third-order valence-corrected chi connectivity index (χ3v) is 4.82. The van der Waals surface area contributed by atoms with E-state index in [-0.39, 0.29) is 29.8 Å². The minimum atomic E-state index is -0.180. The van der Waals surface area contributed by atoms with Crippen molar-refractivity contribution in [2.75, 3.05) is 0 Å². The van der Waals surface area contributed by atoms with Crippen molar-refractivity contribution in [3.8, 4) is 0 Å². The van der Waals surface area contributed by atoms with Crippen LogP contribution in [0.4, 0.5) is 0 Å². The highest BCUT2D eigenvalue weighted by Gasteiger charge is 2.34. The Labute approximate surface area is 140 Å². The molecule has 0 radical (unpaired) electrons. The Bertz CT molecular complexity index is 673. The van der Waals surface area contributed by atoms with E-state index in [1.54, 1.807) is 30.5 Å². The zero-order valence-electron chi connectivity index (χ0n) is 12.8. The average Bonchev–Trinajstić information content (AvgIpc) is 3.08. The molecule has 0 amide bonds. The van der Waals surface area contributed by atoms with Crippen LogP contribution in [0.15, 0.2) is 47.1 Å². The van der Waals surface area contributed by atoms with Crippen LogP contribution in [0, 0.1) is 5.92 Å². The van der Waals surface area contributed by atoms with Crippen LogP contribution in [-0.4, -0.2) is 11.6 Å². The number of halogens is 1. The van der Waals surface area contributed by atoms with E-state index in [4.69, 9.17) is 16.0 Å². The van der Waals surface area contributed by atoms with Crippen molar-refractivity contribution < 1.29 is 14.0 Å². The lowest BCUT2D eigenvalue weighted by molar-refractivity contribution is -0.125. The van der Waals surface area contributed by atoms with Crippen molar-refractivity contribution in [3.05, 3.63) is 59.0 Å². The fourth-order valence-corrected chi connectivity index (χ4v) is 3.46. The van der Waals surface area contributed by atoms with Gasteiger partial charge in [0.2, 0.25) is 0 Å². The van der Waals surface area contributed by atoms with Crippen molar-refractivity contribution in [1.82, 2.24) is 0 Å². The zero-order chi connectivity index (χ0) is 16.2. The summed E-state index contributed by atoms with van der Waals surface area (Å²) in [6, 6.07) is 10.5. The van der Waals surface area contributed by atoms with Gasteiger partial charge in [-0.1, -0.05) is 18.0 Å². The summed E-state index contributed by atoms with van der Waals surface area (Å²) in [4.78, 5) is 24.9. The number of carbonyl (C=O) groups excluding carboxylic acids is 2. The first-order chi connectivity index (χ1) is 11.1. The molecular formula is C19H19ClO3. The van der Waals surface area contributed by atoms with E-state index >= 15 is 0 Å². The molecule has 0 spiro atoms. The third-order valence-electron chi connectivity index (χ3n) is 4.57. The van der Waals surface area contributed by atoms with Gasteiger partial charge in [-0.25, -0.2) is 0 Å². The first-order valence-electron chi connectivity index (χ1n) is 8.00. The molecule has 1 fully saturated rings. The monoisotopic (exact) mass is 330 g/mol. The minimum absolute atomic E-state index is 0.0152. The number of furan rings is 1. The first-order valence-corrected chi connectivity index (χ1v) is 8.38. The number of ketones is 2. The molecular weight excluding hydrogens is 312 g/mol. The van der Waals surface area contributed by atoms with E-state index in [9.17, 15) is 9.59 Å². The molecule has 23 heavy (non-hydrogen) atoms. The molecule has 0 N–H and O–H groups in total.